The van der Waals surface area contributed by atoms with Crippen LogP contribution in [0.4, 0.5) is 5.69 Å². The van der Waals surface area contributed by atoms with E-state index in [4.69, 9.17) is 27.7 Å². The first-order chi connectivity index (χ1) is 14.5. The highest BCUT2D eigenvalue weighted by atomic mass is 35.5. The van der Waals surface area contributed by atoms with Gasteiger partial charge in [-0.2, -0.15) is 5.26 Å². The van der Waals surface area contributed by atoms with Gasteiger partial charge in [-0.15, -0.1) is 0 Å². The first-order valence-corrected chi connectivity index (χ1v) is 9.64. The van der Waals surface area contributed by atoms with Crippen LogP contribution in [-0.2, 0) is 4.79 Å². The molecule has 7 heteroatoms. The van der Waals surface area contributed by atoms with Crippen LogP contribution in [0.5, 0.6) is 0 Å². The number of nitrogens with zero attached hydrogens (tertiary/aromatic N) is 2. The Morgan fingerprint density at radius 2 is 1.83 bits per heavy atom. The summed E-state index contributed by atoms with van der Waals surface area (Å²) in [4.78, 5) is 12.5. The van der Waals surface area contributed by atoms with Gasteiger partial charge in [0.1, 0.15) is 17.2 Å². The second-order valence-corrected chi connectivity index (χ2v) is 7.24. The Bertz CT molecular complexity index is 1320. The number of nitriles is 1. The number of amides is 1. The number of anilines is 1. The molecule has 0 bridgehead atoms. The minimum atomic E-state index is -0.547. The molecule has 1 heterocycles. The molecule has 1 N–H and O–H groups in total. The second-order valence-electron chi connectivity index (χ2n) is 6.40. The standard InChI is InChI=1S/C23H13Cl2N3O2/c24-17-8-6-15(7-9-17)22-18-12-14(5-10-20(18)28-30-22)11-16(13-26)23(29)27-21-4-2-1-3-19(21)25/h1-12H,(H,27,29)/b16-11+. The van der Waals surface area contributed by atoms with Crippen LogP contribution >= 0.6 is 23.2 Å². The molecule has 3 aromatic carbocycles. The van der Waals surface area contributed by atoms with Crippen LogP contribution in [0.1, 0.15) is 5.56 Å². The second kappa shape index (κ2) is 8.42. The molecule has 146 valence electrons. The van der Waals surface area contributed by atoms with Gasteiger partial charge in [0.15, 0.2) is 5.76 Å². The maximum absolute atomic E-state index is 12.5. The summed E-state index contributed by atoms with van der Waals surface area (Å²) in [5, 5.41) is 18.0. The number of hydrogen-bond acceptors (Lipinski definition) is 4. The third kappa shape index (κ3) is 4.06. The molecule has 4 rings (SSSR count). The summed E-state index contributed by atoms with van der Waals surface area (Å²) < 4.78 is 5.49. The van der Waals surface area contributed by atoms with Crippen LogP contribution in [0.2, 0.25) is 10.0 Å². The number of benzene rings is 3. The smallest absolute Gasteiger partial charge is 0.266 e. The van der Waals surface area contributed by atoms with E-state index in [-0.39, 0.29) is 5.57 Å². The highest BCUT2D eigenvalue weighted by Crippen LogP contribution is 2.30. The summed E-state index contributed by atoms with van der Waals surface area (Å²) in [7, 11) is 0. The molecular weight excluding hydrogens is 421 g/mol. The zero-order chi connectivity index (χ0) is 21.1. The molecule has 0 spiro atoms. The van der Waals surface area contributed by atoms with Crippen molar-refractivity contribution in [2.24, 2.45) is 0 Å². The van der Waals surface area contributed by atoms with E-state index in [1.54, 1.807) is 48.5 Å². The van der Waals surface area contributed by atoms with E-state index in [0.717, 1.165) is 10.9 Å². The van der Waals surface area contributed by atoms with Crippen molar-refractivity contribution in [3.63, 3.8) is 0 Å². The van der Waals surface area contributed by atoms with Crippen LogP contribution in [0.3, 0.4) is 0 Å². The molecule has 1 amide bonds. The number of fused-ring (bicyclic) bond motifs is 1. The number of para-hydroxylation sites is 1. The van der Waals surface area contributed by atoms with Crippen LogP contribution in [-0.4, -0.2) is 11.1 Å². The number of carbonyl (C=O) groups is 1. The lowest BCUT2D eigenvalue weighted by atomic mass is 10.0. The fourth-order valence-electron chi connectivity index (χ4n) is 2.93. The van der Waals surface area contributed by atoms with Crippen LogP contribution in [0.25, 0.3) is 28.3 Å². The molecule has 0 aliphatic rings. The number of hydrogen-bond donors (Lipinski definition) is 1. The van der Waals surface area contributed by atoms with Crippen molar-refractivity contribution in [1.29, 1.82) is 5.26 Å². The lowest BCUT2D eigenvalue weighted by molar-refractivity contribution is -0.112. The molecule has 0 radical (unpaired) electrons. The average Bonchev–Trinajstić information content (AvgIpc) is 3.17. The summed E-state index contributed by atoms with van der Waals surface area (Å²) in [6.45, 7) is 0. The fourth-order valence-corrected chi connectivity index (χ4v) is 3.23. The fraction of sp³-hybridized carbons (Fsp3) is 0. The Hall–Kier alpha value is -3.59. The van der Waals surface area contributed by atoms with Crippen molar-refractivity contribution in [3.8, 4) is 17.4 Å². The van der Waals surface area contributed by atoms with E-state index in [1.807, 2.05) is 24.3 Å². The monoisotopic (exact) mass is 433 g/mol. The summed E-state index contributed by atoms with van der Waals surface area (Å²) in [6.07, 6.45) is 1.50. The van der Waals surface area contributed by atoms with Crippen molar-refractivity contribution in [2.45, 2.75) is 0 Å². The minimum absolute atomic E-state index is 0.0567. The van der Waals surface area contributed by atoms with Gasteiger partial charge in [-0.3, -0.25) is 4.79 Å². The first-order valence-electron chi connectivity index (χ1n) is 8.88. The molecular formula is C23H13Cl2N3O2. The normalized spacial score (nSPS) is 11.3. The van der Waals surface area contributed by atoms with E-state index >= 15 is 0 Å². The SMILES string of the molecule is N#C/C(=C\c1ccc2noc(-c3ccc(Cl)cc3)c2c1)C(=O)Nc1ccccc1Cl. The molecule has 0 saturated heterocycles. The van der Waals surface area contributed by atoms with E-state index in [2.05, 4.69) is 10.5 Å². The van der Waals surface area contributed by atoms with Crippen molar-refractivity contribution in [3.05, 3.63) is 87.9 Å². The van der Waals surface area contributed by atoms with Gasteiger partial charge in [0.05, 0.1) is 16.1 Å². The van der Waals surface area contributed by atoms with Crippen molar-refractivity contribution < 1.29 is 9.32 Å². The molecule has 5 nitrogen and oxygen atoms in total. The molecule has 30 heavy (non-hydrogen) atoms. The van der Waals surface area contributed by atoms with E-state index < -0.39 is 5.91 Å². The Kier molecular flexibility index (Phi) is 5.53. The molecule has 4 aromatic rings. The molecule has 0 aliphatic heterocycles. The summed E-state index contributed by atoms with van der Waals surface area (Å²) >= 11 is 12.0. The Labute approximate surface area is 182 Å². The van der Waals surface area contributed by atoms with Crippen LogP contribution in [0, 0.1) is 11.3 Å². The Balaban J connectivity index is 1.68. The zero-order valence-corrected chi connectivity index (χ0v) is 16.9. The first kappa shape index (κ1) is 19.7. The van der Waals surface area contributed by atoms with Crippen molar-refractivity contribution in [1.82, 2.24) is 5.16 Å². The van der Waals surface area contributed by atoms with Gasteiger partial charge in [-0.1, -0.05) is 46.6 Å². The molecule has 0 unspecified atom stereocenters. The number of aromatic nitrogens is 1. The van der Waals surface area contributed by atoms with Gasteiger partial charge >= 0.3 is 0 Å². The van der Waals surface area contributed by atoms with Crippen molar-refractivity contribution >= 4 is 51.8 Å². The molecule has 0 saturated carbocycles. The van der Waals surface area contributed by atoms with Gasteiger partial charge in [0.2, 0.25) is 0 Å². The maximum atomic E-state index is 12.5. The van der Waals surface area contributed by atoms with Crippen LogP contribution in [0.15, 0.2) is 76.8 Å². The number of halogens is 2. The van der Waals surface area contributed by atoms with E-state index in [9.17, 15) is 10.1 Å². The predicted octanol–water partition coefficient (Wildman–Crippen LogP) is 6.35. The Morgan fingerprint density at radius 3 is 2.57 bits per heavy atom. The minimum Gasteiger partial charge on any atom is -0.355 e. The summed E-state index contributed by atoms with van der Waals surface area (Å²) in [6, 6.07) is 21.3. The summed E-state index contributed by atoms with van der Waals surface area (Å²) in [5.41, 5.74) is 2.52. The largest absolute Gasteiger partial charge is 0.355 e. The lowest BCUT2D eigenvalue weighted by Crippen LogP contribution is -2.13. The highest BCUT2D eigenvalue weighted by Gasteiger charge is 2.14. The molecule has 0 fully saturated rings. The molecule has 1 aromatic heterocycles. The third-order valence-electron chi connectivity index (χ3n) is 4.41. The topological polar surface area (TPSA) is 78.9 Å². The number of nitrogens with one attached hydrogen (secondary N) is 1. The number of rotatable bonds is 4. The predicted molar refractivity (Wildman–Crippen MR) is 118 cm³/mol. The molecule has 0 aliphatic carbocycles. The van der Waals surface area contributed by atoms with E-state index in [0.29, 0.717) is 32.6 Å². The molecule has 0 atom stereocenters. The lowest BCUT2D eigenvalue weighted by Gasteiger charge is -2.06. The van der Waals surface area contributed by atoms with Gasteiger partial charge in [-0.25, -0.2) is 0 Å². The maximum Gasteiger partial charge on any atom is 0.266 e. The van der Waals surface area contributed by atoms with Gasteiger partial charge < -0.3 is 9.84 Å². The van der Waals surface area contributed by atoms with E-state index in [1.165, 1.54) is 6.08 Å². The average molecular weight is 434 g/mol. The van der Waals surface area contributed by atoms with Gasteiger partial charge in [0.25, 0.3) is 5.91 Å². The van der Waals surface area contributed by atoms with Gasteiger partial charge in [0, 0.05) is 10.6 Å². The summed E-state index contributed by atoms with van der Waals surface area (Å²) in [5.74, 6) is 0.0323. The Morgan fingerprint density at radius 1 is 1.07 bits per heavy atom. The zero-order valence-electron chi connectivity index (χ0n) is 15.4. The van der Waals surface area contributed by atoms with Gasteiger partial charge in [-0.05, 0) is 60.2 Å². The van der Waals surface area contributed by atoms with Crippen LogP contribution < -0.4 is 5.32 Å². The van der Waals surface area contributed by atoms with Crippen molar-refractivity contribution in [2.75, 3.05) is 5.32 Å². The number of carbonyl (C=O) groups excluding carboxylic acids is 1. The third-order valence-corrected chi connectivity index (χ3v) is 4.99. The highest BCUT2D eigenvalue weighted by molar-refractivity contribution is 6.34. The quantitative estimate of drug-likeness (QED) is 0.300.